The van der Waals surface area contributed by atoms with Crippen LogP contribution in [0.2, 0.25) is 0 Å². The number of nitrogens with zero attached hydrogens (tertiary/aromatic N) is 2. The molecule has 1 aliphatic carbocycles. The number of aromatic nitrogens is 2. The van der Waals surface area contributed by atoms with Gasteiger partial charge >= 0.3 is 0 Å². The lowest BCUT2D eigenvalue weighted by Crippen LogP contribution is -2.27. The molecule has 18 heavy (non-hydrogen) atoms. The van der Waals surface area contributed by atoms with Gasteiger partial charge in [0.1, 0.15) is 0 Å². The Labute approximate surface area is 115 Å². The van der Waals surface area contributed by atoms with Crippen LogP contribution in [0.15, 0.2) is 6.07 Å². The third-order valence-corrected chi connectivity index (χ3v) is 4.34. The molecule has 4 heteroatoms. The molecular weight excluding hydrogens is 246 g/mol. The van der Waals surface area contributed by atoms with E-state index in [4.69, 9.17) is 11.6 Å². The van der Waals surface area contributed by atoms with Gasteiger partial charge in [0.2, 0.25) is 0 Å². The molecule has 1 aromatic heterocycles. The lowest BCUT2D eigenvalue weighted by Gasteiger charge is -2.25. The topological polar surface area (TPSA) is 29.9 Å². The van der Waals surface area contributed by atoms with Crippen LogP contribution in [0.4, 0.5) is 0 Å². The van der Waals surface area contributed by atoms with Gasteiger partial charge in [-0.2, -0.15) is 5.10 Å². The first-order valence-electron chi connectivity index (χ1n) is 7.05. The molecule has 1 N–H and O–H groups in total. The molecule has 0 radical (unpaired) electrons. The van der Waals surface area contributed by atoms with Crippen molar-refractivity contribution in [3.05, 3.63) is 17.5 Å². The normalized spacial score (nSPS) is 24.4. The fourth-order valence-electron chi connectivity index (χ4n) is 2.64. The quantitative estimate of drug-likeness (QED) is 0.833. The van der Waals surface area contributed by atoms with Gasteiger partial charge in [0.05, 0.1) is 11.4 Å². The van der Waals surface area contributed by atoms with Crippen LogP contribution < -0.4 is 5.32 Å². The van der Waals surface area contributed by atoms with E-state index in [2.05, 4.69) is 23.4 Å². The minimum Gasteiger partial charge on any atom is -0.311 e. The van der Waals surface area contributed by atoms with Gasteiger partial charge in [0.15, 0.2) is 0 Å². The maximum Gasteiger partial charge on any atom is 0.0625 e. The van der Waals surface area contributed by atoms with E-state index in [1.165, 1.54) is 37.1 Å². The highest BCUT2D eigenvalue weighted by molar-refractivity contribution is 6.20. The molecule has 0 atom stereocenters. The van der Waals surface area contributed by atoms with Crippen LogP contribution in [-0.4, -0.2) is 21.7 Å². The zero-order valence-electron chi connectivity index (χ0n) is 11.5. The molecule has 102 valence electrons. The van der Waals surface area contributed by atoms with Crippen molar-refractivity contribution in [1.82, 2.24) is 15.1 Å². The predicted octanol–water partition coefficient (Wildman–Crippen LogP) is 2.87. The average Bonchev–Trinajstić information content (AvgIpc) is 2.73. The molecule has 3 nitrogen and oxygen atoms in total. The molecule has 0 amide bonds. The third-order valence-electron chi connectivity index (χ3n) is 3.90. The zero-order valence-corrected chi connectivity index (χ0v) is 12.2. The highest BCUT2D eigenvalue weighted by atomic mass is 35.5. The maximum absolute atomic E-state index is 6.12. The summed E-state index contributed by atoms with van der Waals surface area (Å²) in [5.41, 5.74) is 2.45. The molecule has 2 rings (SSSR count). The van der Waals surface area contributed by atoms with E-state index in [1.54, 1.807) is 0 Å². The van der Waals surface area contributed by atoms with Gasteiger partial charge in [-0.3, -0.25) is 4.68 Å². The average molecular weight is 270 g/mol. The van der Waals surface area contributed by atoms with E-state index in [0.717, 1.165) is 25.4 Å². The Kier molecular flexibility index (Phi) is 5.07. The molecule has 0 aliphatic heterocycles. The number of hydrogen-bond donors (Lipinski definition) is 1. The number of rotatable bonds is 5. The molecule has 0 saturated heterocycles. The Balaban J connectivity index is 1.73. The van der Waals surface area contributed by atoms with Crippen LogP contribution in [0, 0.1) is 5.92 Å². The molecular formula is C14H24ClN3. The molecule has 0 spiro atoms. The van der Waals surface area contributed by atoms with Crippen LogP contribution in [0.25, 0.3) is 0 Å². The maximum atomic E-state index is 6.12. The van der Waals surface area contributed by atoms with Crippen molar-refractivity contribution in [3.8, 4) is 0 Å². The Hall–Kier alpha value is -0.540. The van der Waals surface area contributed by atoms with Gasteiger partial charge in [-0.1, -0.05) is 6.92 Å². The van der Waals surface area contributed by atoms with Gasteiger partial charge in [-0.25, -0.2) is 0 Å². The summed E-state index contributed by atoms with van der Waals surface area (Å²) in [7, 11) is 2.02. The zero-order chi connectivity index (χ0) is 13.0. The summed E-state index contributed by atoms with van der Waals surface area (Å²) in [5.74, 6) is 0.805. The molecule has 0 bridgehead atoms. The highest BCUT2D eigenvalue weighted by Gasteiger charge is 2.18. The number of hydrogen-bond acceptors (Lipinski definition) is 2. The summed E-state index contributed by atoms with van der Waals surface area (Å²) >= 11 is 6.12. The second-order valence-electron chi connectivity index (χ2n) is 5.35. The Morgan fingerprint density at radius 3 is 2.72 bits per heavy atom. The van der Waals surface area contributed by atoms with E-state index >= 15 is 0 Å². The van der Waals surface area contributed by atoms with E-state index in [-0.39, 0.29) is 0 Å². The van der Waals surface area contributed by atoms with Crippen molar-refractivity contribution >= 4 is 11.6 Å². The van der Waals surface area contributed by atoms with E-state index in [9.17, 15) is 0 Å². The summed E-state index contributed by atoms with van der Waals surface area (Å²) in [6, 6.07) is 2.20. The van der Waals surface area contributed by atoms with Crippen LogP contribution in [0.1, 0.15) is 44.0 Å². The molecule has 1 heterocycles. The number of aryl methyl sites for hydroxylation is 2. The minimum atomic E-state index is 0.422. The van der Waals surface area contributed by atoms with E-state index in [0.29, 0.717) is 5.38 Å². The smallest absolute Gasteiger partial charge is 0.0625 e. The fourth-order valence-corrected chi connectivity index (χ4v) is 2.89. The van der Waals surface area contributed by atoms with Crippen molar-refractivity contribution in [3.63, 3.8) is 0 Å². The van der Waals surface area contributed by atoms with Crippen molar-refractivity contribution in [2.24, 2.45) is 13.0 Å². The van der Waals surface area contributed by atoms with Crippen LogP contribution in [0.5, 0.6) is 0 Å². The van der Waals surface area contributed by atoms with Crippen molar-refractivity contribution in [2.45, 2.75) is 50.9 Å². The van der Waals surface area contributed by atoms with Crippen molar-refractivity contribution < 1.29 is 0 Å². The second-order valence-corrected chi connectivity index (χ2v) is 5.97. The lowest BCUT2D eigenvalue weighted by atomic mass is 9.89. The van der Waals surface area contributed by atoms with E-state index < -0.39 is 0 Å². The fraction of sp³-hybridized carbons (Fsp3) is 0.786. The molecule has 1 aliphatic rings. The largest absolute Gasteiger partial charge is 0.311 e. The Bertz CT molecular complexity index is 367. The molecule has 1 fully saturated rings. The first kappa shape index (κ1) is 13.9. The molecule has 0 aromatic carbocycles. The third kappa shape index (κ3) is 3.72. The Morgan fingerprint density at radius 2 is 2.11 bits per heavy atom. The highest BCUT2D eigenvalue weighted by Crippen LogP contribution is 2.26. The summed E-state index contributed by atoms with van der Waals surface area (Å²) in [6.07, 6.45) is 5.91. The summed E-state index contributed by atoms with van der Waals surface area (Å²) in [6.45, 7) is 4.17. The van der Waals surface area contributed by atoms with Gasteiger partial charge in [-0.15, -0.1) is 11.6 Å². The lowest BCUT2D eigenvalue weighted by molar-refractivity contribution is 0.344. The predicted molar refractivity (Wildman–Crippen MR) is 75.9 cm³/mol. The number of alkyl halides is 1. The van der Waals surface area contributed by atoms with Crippen LogP contribution >= 0.6 is 11.6 Å². The van der Waals surface area contributed by atoms with Crippen molar-refractivity contribution in [2.75, 3.05) is 6.54 Å². The summed E-state index contributed by atoms with van der Waals surface area (Å²) in [4.78, 5) is 0. The van der Waals surface area contributed by atoms with Crippen LogP contribution in [-0.2, 0) is 20.0 Å². The Morgan fingerprint density at radius 1 is 1.39 bits per heavy atom. The monoisotopic (exact) mass is 269 g/mol. The SMILES string of the molecule is CCc1cc(CNCC2CCC(Cl)CC2)n(C)n1. The summed E-state index contributed by atoms with van der Waals surface area (Å²) < 4.78 is 1.99. The first-order valence-corrected chi connectivity index (χ1v) is 7.49. The van der Waals surface area contributed by atoms with Crippen molar-refractivity contribution in [1.29, 1.82) is 0 Å². The minimum absolute atomic E-state index is 0.422. The van der Waals surface area contributed by atoms with Gasteiger partial charge < -0.3 is 5.32 Å². The number of nitrogens with one attached hydrogen (secondary N) is 1. The summed E-state index contributed by atoms with van der Waals surface area (Å²) in [5, 5.41) is 8.45. The van der Waals surface area contributed by atoms with Gasteiger partial charge in [0, 0.05) is 19.0 Å². The molecule has 0 unspecified atom stereocenters. The van der Waals surface area contributed by atoms with Gasteiger partial charge in [-0.05, 0) is 50.6 Å². The second kappa shape index (κ2) is 6.58. The molecule has 1 saturated carbocycles. The first-order chi connectivity index (χ1) is 8.69. The number of halogens is 1. The standard InChI is InChI=1S/C14H24ClN3/c1-3-13-8-14(18(2)17-13)10-16-9-11-4-6-12(15)7-5-11/h8,11-12,16H,3-7,9-10H2,1-2H3. The molecule has 1 aromatic rings. The van der Waals surface area contributed by atoms with Crippen LogP contribution in [0.3, 0.4) is 0 Å². The van der Waals surface area contributed by atoms with E-state index in [1.807, 2.05) is 11.7 Å². The van der Waals surface area contributed by atoms with Gasteiger partial charge in [0.25, 0.3) is 0 Å².